The molecule has 0 fully saturated rings. The van der Waals surface area contributed by atoms with Crippen LogP contribution in [0.2, 0.25) is 0 Å². The van der Waals surface area contributed by atoms with Crippen molar-refractivity contribution in [1.82, 2.24) is 5.32 Å². The molecule has 1 atom stereocenters. The summed E-state index contributed by atoms with van der Waals surface area (Å²) in [6.45, 7) is 6.99. The van der Waals surface area contributed by atoms with Gasteiger partial charge in [-0.05, 0) is 29.4 Å². The molecule has 0 saturated heterocycles. The van der Waals surface area contributed by atoms with Crippen LogP contribution in [0, 0.1) is 17.7 Å². The number of carbonyl (C=O) groups is 1. The largest absolute Gasteiger partial charge is 0.352 e. The Morgan fingerprint density at radius 1 is 1.10 bits per heavy atom. The lowest BCUT2D eigenvalue weighted by atomic mass is 9.98. The predicted octanol–water partition coefficient (Wildman–Crippen LogP) is 4.00. The molecule has 2 rings (SSSR count). The van der Waals surface area contributed by atoms with E-state index < -0.39 is 0 Å². The highest BCUT2D eigenvalue weighted by Gasteiger charge is 2.14. The Hall–Kier alpha value is -1.90. The number of benzene rings is 2. The van der Waals surface area contributed by atoms with Gasteiger partial charge in [-0.2, -0.15) is 0 Å². The van der Waals surface area contributed by atoms with Crippen LogP contribution in [-0.2, 0) is 0 Å². The van der Waals surface area contributed by atoms with E-state index in [2.05, 4.69) is 26.1 Å². The van der Waals surface area contributed by atoms with Crippen LogP contribution in [0.15, 0.2) is 36.4 Å². The smallest absolute Gasteiger partial charge is 0.251 e. The van der Waals surface area contributed by atoms with Gasteiger partial charge in [0.05, 0.1) is 0 Å². The van der Waals surface area contributed by atoms with E-state index in [1.54, 1.807) is 24.3 Å². The van der Waals surface area contributed by atoms with E-state index >= 15 is 0 Å². The zero-order valence-corrected chi connectivity index (χ0v) is 12.1. The summed E-state index contributed by atoms with van der Waals surface area (Å²) in [6, 6.07) is 9.96. The number of carbonyl (C=O) groups excluding carboxylic acids is 1. The van der Waals surface area contributed by atoms with Crippen LogP contribution >= 0.6 is 0 Å². The van der Waals surface area contributed by atoms with E-state index in [4.69, 9.17) is 0 Å². The Morgan fingerprint density at radius 3 is 2.40 bits per heavy atom. The van der Waals surface area contributed by atoms with E-state index in [1.165, 1.54) is 6.07 Å². The van der Waals surface area contributed by atoms with E-state index in [1.807, 2.05) is 6.07 Å². The average molecular weight is 273 g/mol. The lowest BCUT2D eigenvalue weighted by molar-refractivity contribution is 0.0946. The Labute approximate surface area is 119 Å². The zero-order valence-electron chi connectivity index (χ0n) is 12.1. The van der Waals surface area contributed by atoms with Crippen LogP contribution in [-0.4, -0.2) is 12.5 Å². The van der Waals surface area contributed by atoms with Crippen molar-refractivity contribution < 1.29 is 9.18 Å². The van der Waals surface area contributed by atoms with E-state index in [-0.39, 0.29) is 11.7 Å². The number of hydrogen-bond acceptors (Lipinski definition) is 1. The van der Waals surface area contributed by atoms with E-state index in [9.17, 15) is 9.18 Å². The van der Waals surface area contributed by atoms with Crippen LogP contribution in [0.5, 0.6) is 0 Å². The molecule has 0 heterocycles. The van der Waals surface area contributed by atoms with Gasteiger partial charge in [0.25, 0.3) is 5.91 Å². The van der Waals surface area contributed by atoms with Crippen molar-refractivity contribution >= 4 is 16.7 Å². The van der Waals surface area contributed by atoms with Gasteiger partial charge in [-0.1, -0.05) is 45.0 Å². The highest BCUT2D eigenvalue weighted by Crippen LogP contribution is 2.21. The molecule has 2 nitrogen and oxygen atoms in total. The minimum atomic E-state index is -0.298. The quantitative estimate of drug-likeness (QED) is 0.896. The van der Waals surface area contributed by atoms with Crippen LogP contribution < -0.4 is 5.32 Å². The van der Waals surface area contributed by atoms with Gasteiger partial charge in [0.2, 0.25) is 0 Å². The molecule has 0 spiro atoms. The first-order valence-electron chi connectivity index (χ1n) is 6.96. The Bertz CT molecular complexity index is 621. The fraction of sp³-hybridized carbons (Fsp3) is 0.353. The highest BCUT2D eigenvalue weighted by atomic mass is 19.1. The van der Waals surface area contributed by atoms with Gasteiger partial charge < -0.3 is 5.32 Å². The summed E-state index contributed by atoms with van der Waals surface area (Å²) in [4.78, 5) is 12.3. The summed E-state index contributed by atoms with van der Waals surface area (Å²) >= 11 is 0. The van der Waals surface area contributed by atoms with E-state index in [0.29, 0.717) is 34.7 Å². The molecule has 0 aromatic heterocycles. The molecule has 20 heavy (non-hydrogen) atoms. The van der Waals surface area contributed by atoms with Gasteiger partial charge in [0, 0.05) is 17.5 Å². The highest BCUT2D eigenvalue weighted by molar-refractivity contribution is 6.07. The number of nitrogens with one attached hydrogen (secondary N) is 1. The second kappa shape index (κ2) is 6.04. The molecule has 0 aliphatic carbocycles. The fourth-order valence-electron chi connectivity index (χ4n) is 2.04. The fourth-order valence-corrected chi connectivity index (χ4v) is 2.04. The van der Waals surface area contributed by atoms with Gasteiger partial charge in [0.1, 0.15) is 5.82 Å². The molecular formula is C17H20FNO. The van der Waals surface area contributed by atoms with Gasteiger partial charge in [-0.25, -0.2) is 4.39 Å². The van der Waals surface area contributed by atoms with Gasteiger partial charge in [-0.3, -0.25) is 4.79 Å². The second-order valence-corrected chi connectivity index (χ2v) is 5.57. The van der Waals surface area contributed by atoms with Crippen molar-refractivity contribution in [2.75, 3.05) is 6.54 Å². The first-order chi connectivity index (χ1) is 9.50. The first-order valence-corrected chi connectivity index (χ1v) is 6.96. The molecule has 1 N–H and O–H groups in total. The topological polar surface area (TPSA) is 29.1 Å². The molecule has 3 heteroatoms. The summed E-state index contributed by atoms with van der Waals surface area (Å²) < 4.78 is 13.7. The number of halogens is 1. The minimum Gasteiger partial charge on any atom is -0.352 e. The average Bonchev–Trinajstić information content (AvgIpc) is 2.45. The predicted molar refractivity (Wildman–Crippen MR) is 80.2 cm³/mol. The number of hydrogen-bond donors (Lipinski definition) is 1. The molecule has 2 aromatic rings. The van der Waals surface area contributed by atoms with Crippen molar-refractivity contribution in [2.24, 2.45) is 11.8 Å². The zero-order chi connectivity index (χ0) is 14.7. The second-order valence-electron chi connectivity index (χ2n) is 5.57. The summed E-state index contributed by atoms with van der Waals surface area (Å²) in [6.07, 6.45) is 0. The Morgan fingerprint density at radius 2 is 1.75 bits per heavy atom. The van der Waals surface area contributed by atoms with Gasteiger partial charge in [0.15, 0.2) is 0 Å². The summed E-state index contributed by atoms with van der Waals surface area (Å²) in [5.41, 5.74) is 0.526. The molecule has 1 unspecified atom stereocenters. The lowest BCUT2D eigenvalue weighted by Crippen LogP contribution is -2.30. The Balaban J connectivity index is 2.25. The Kier molecular flexibility index (Phi) is 4.38. The maximum absolute atomic E-state index is 13.7. The third kappa shape index (κ3) is 2.98. The third-order valence-electron chi connectivity index (χ3n) is 3.84. The summed E-state index contributed by atoms with van der Waals surface area (Å²) in [5.74, 6) is 0.479. The SMILES string of the molecule is CC(C)C(C)CNC(=O)c1ccc(F)c2ccccc12. The molecule has 0 aliphatic heterocycles. The maximum Gasteiger partial charge on any atom is 0.251 e. The van der Waals surface area contributed by atoms with Crippen LogP contribution in [0.4, 0.5) is 4.39 Å². The molecule has 106 valence electrons. The summed E-state index contributed by atoms with van der Waals surface area (Å²) in [7, 11) is 0. The van der Waals surface area contributed by atoms with Gasteiger partial charge >= 0.3 is 0 Å². The van der Waals surface area contributed by atoms with Gasteiger partial charge in [-0.15, -0.1) is 0 Å². The van der Waals surface area contributed by atoms with Crippen LogP contribution in [0.25, 0.3) is 10.8 Å². The molecular weight excluding hydrogens is 253 g/mol. The van der Waals surface area contributed by atoms with Crippen LogP contribution in [0.3, 0.4) is 0 Å². The molecule has 0 saturated carbocycles. The summed E-state index contributed by atoms with van der Waals surface area (Å²) in [5, 5.41) is 4.07. The first kappa shape index (κ1) is 14.5. The van der Waals surface area contributed by atoms with Crippen molar-refractivity contribution in [2.45, 2.75) is 20.8 Å². The number of rotatable bonds is 4. The molecule has 2 aromatic carbocycles. The molecule has 0 aliphatic rings. The monoisotopic (exact) mass is 273 g/mol. The van der Waals surface area contributed by atoms with Crippen LogP contribution in [0.1, 0.15) is 31.1 Å². The van der Waals surface area contributed by atoms with E-state index in [0.717, 1.165) is 0 Å². The lowest BCUT2D eigenvalue weighted by Gasteiger charge is -2.16. The standard InChI is InChI=1S/C17H20FNO/c1-11(2)12(3)10-19-17(20)15-8-9-16(18)14-7-5-4-6-13(14)15/h4-9,11-12H,10H2,1-3H3,(H,19,20). The van der Waals surface area contributed by atoms with Crippen molar-refractivity contribution in [1.29, 1.82) is 0 Å². The molecule has 0 bridgehead atoms. The van der Waals surface area contributed by atoms with Crippen molar-refractivity contribution in [3.63, 3.8) is 0 Å². The maximum atomic E-state index is 13.7. The minimum absolute atomic E-state index is 0.145. The van der Waals surface area contributed by atoms with Crippen molar-refractivity contribution in [3.05, 3.63) is 47.8 Å². The molecule has 0 radical (unpaired) electrons. The number of fused-ring (bicyclic) bond motifs is 1. The third-order valence-corrected chi connectivity index (χ3v) is 3.84. The normalized spacial score (nSPS) is 12.7. The number of amides is 1. The molecule has 1 amide bonds. The van der Waals surface area contributed by atoms with Crippen molar-refractivity contribution in [3.8, 4) is 0 Å².